The summed E-state index contributed by atoms with van der Waals surface area (Å²) in [5.74, 6) is 0. The van der Waals surface area contributed by atoms with E-state index in [0.29, 0.717) is 0 Å². The van der Waals surface area contributed by atoms with Crippen molar-refractivity contribution in [1.82, 2.24) is 10.2 Å². The number of hydrogen-bond acceptors (Lipinski definition) is 3. The lowest BCUT2D eigenvalue weighted by atomic mass is 9.82. The Balaban J connectivity index is 1.60. The smallest absolute Gasteiger partial charge is 0.317 e. The third-order valence-electron chi connectivity index (χ3n) is 4.61. The van der Waals surface area contributed by atoms with Crippen LogP contribution >= 0.6 is 11.3 Å². The molecule has 0 aliphatic carbocycles. The van der Waals surface area contributed by atoms with Gasteiger partial charge >= 0.3 is 6.03 Å². The number of nitrogens with zero attached hydrogens (tertiary/aromatic N) is 1. The zero-order valence-electron chi connectivity index (χ0n) is 12.7. The van der Waals surface area contributed by atoms with Crippen LogP contribution in [0.3, 0.4) is 0 Å². The molecular formula is C16H24N2O2S. The third-order valence-corrected chi connectivity index (χ3v) is 5.59. The molecule has 4 nitrogen and oxygen atoms in total. The van der Waals surface area contributed by atoms with E-state index in [9.17, 15) is 4.79 Å². The van der Waals surface area contributed by atoms with Gasteiger partial charge in [0.15, 0.2) is 0 Å². The molecule has 0 aromatic carbocycles. The van der Waals surface area contributed by atoms with Crippen LogP contribution in [0.4, 0.5) is 4.79 Å². The number of likely N-dealkylation sites (tertiary alicyclic amines) is 1. The molecule has 3 rings (SSSR count). The van der Waals surface area contributed by atoms with Gasteiger partial charge in [-0.3, -0.25) is 0 Å². The highest BCUT2D eigenvalue weighted by atomic mass is 32.1. The number of fused-ring (bicyclic) bond motifs is 2. The van der Waals surface area contributed by atoms with Crippen molar-refractivity contribution in [3.8, 4) is 0 Å². The lowest BCUT2D eigenvalue weighted by Gasteiger charge is -2.44. The van der Waals surface area contributed by atoms with Crippen molar-refractivity contribution >= 4 is 17.4 Å². The van der Waals surface area contributed by atoms with Crippen molar-refractivity contribution in [1.29, 1.82) is 0 Å². The summed E-state index contributed by atoms with van der Waals surface area (Å²) in [7, 11) is 0. The molecule has 0 atom stereocenters. The fourth-order valence-electron chi connectivity index (χ4n) is 3.33. The van der Waals surface area contributed by atoms with Gasteiger partial charge in [0.1, 0.15) is 0 Å². The molecule has 1 saturated heterocycles. The molecule has 1 fully saturated rings. The van der Waals surface area contributed by atoms with Gasteiger partial charge in [-0.25, -0.2) is 4.79 Å². The zero-order valence-corrected chi connectivity index (χ0v) is 13.5. The number of urea groups is 1. The molecule has 5 heteroatoms. The van der Waals surface area contributed by atoms with Gasteiger partial charge < -0.3 is 15.0 Å². The molecule has 1 spiro atoms. The summed E-state index contributed by atoms with van der Waals surface area (Å²) >= 11 is 1.84. The number of unbranched alkanes of at least 4 members (excludes halogenated alkanes) is 1. The van der Waals surface area contributed by atoms with E-state index in [1.54, 1.807) is 0 Å². The van der Waals surface area contributed by atoms with Crippen LogP contribution in [0, 0.1) is 0 Å². The molecule has 116 valence electrons. The van der Waals surface area contributed by atoms with Crippen LogP contribution in [0.1, 0.15) is 43.0 Å². The van der Waals surface area contributed by atoms with Gasteiger partial charge in [-0.05, 0) is 36.3 Å². The van der Waals surface area contributed by atoms with Crippen LogP contribution in [-0.4, -0.2) is 37.2 Å². The van der Waals surface area contributed by atoms with E-state index in [4.69, 9.17) is 4.74 Å². The number of piperidine rings is 1. The van der Waals surface area contributed by atoms with Gasteiger partial charge in [-0.2, -0.15) is 0 Å². The minimum absolute atomic E-state index is 0.0830. The van der Waals surface area contributed by atoms with Crippen LogP contribution in [-0.2, 0) is 16.8 Å². The summed E-state index contributed by atoms with van der Waals surface area (Å²) in [4.78, 5) is 15.5. The largest absolute Gasteiger partial charge is 0.370 e. The molecule has 1 aromatic rings. The Labute approximate surface area is 130 Å². The van der Waals surface area contributed by atoms with Crippen molar-refractivity contribution in [2.75, 3.05) is 26.2 Å². The summed E-state index contributed by atoms with van der Waals surface area (Å²) in [5, 5.41) is 5.18. The highest BCUT2D eigenvalue weighted by molar-refractivity contribution is 7.10. The average molecular weight is 308 g/mol. The van der Waals surface area contributed by atoms with Gasteiger partial charge in [-0.1, -0.05) is 13.3 Å². The third kappa shape index (κ3) is 2.94. The Morgan fingerprint density at radius 2 is 2.29 bits per heavy atom. The number of nitrogens with one attached hydrogen (secondary N) is 1. The number of carbonyl (C=O) groups is 1. The average Bonchev–Trinajstić information content (AvgIpc) is 2.98. The molecule has 3 heterocycles. The van der Waals surface area contributed by atoms with E-state index in [1.807, 2.05) is 16.2 Å². The van der Waals surface area contributed by atoms with Crippen molar-refractivity contribution in [3.05, 3.63) is 21.9 Å². The van der Waals surface area contributed by atoms with E-state index in [0.717, 1.165) is 58.3 Å². The Kier molecular flexibility index (Phi) is 4.50. The first-order valence-corrected chi connectivity index (χ1v) is 8.87. The normalized spacial score (nSPS) is 20.3. The quantitative estimate of drug-likeness (QED) is 0.872. The Morgan fingerprint density at radius 3 is 3.05 bits per heavy atom. The fourth-order valence-corrected chi connectivity index (χ4v) is 4.28. The van der Waals surface area contributed by atoms with Crippen LogP contribution in [0.15, 0.2) is 11.4 Å². The van der Waals surface area contributed by atoms with Crippen molar-refractivity contribution in [3.63, 3.8) is 0 Å². The maximum absolute atomic E-state index is 12.1. The minimum atomic E-state index is -0.131. The first-order chi connectivity index (χ1) is 10.2. The number of carbonyl (C=O) groups excluding carboxylic acids is 1. The second kappa shape index (κ2) is 6.36. The van der Waals surface area contributed by atoms with E-state index in [-0.39, 0.29) is 11.6 Å². The lowest BCUT2D eigenvalue weighted by Crippen LogP contribution is -2.50. The number of thiophene rings is 1. The summed E-state index contributed by atoms with van der Waals surface area (Å²) in [6.07, 6.45) is 5.02. The summed E-state index contributed by atoms with van der Waals surface area (Å²) in [5.41, 5.74) is 1.25. The summed E-state index contributed by atoms with van der Waals surface area (Å²) in [6, 6.07) is 2.30. The van der Waals surface area contributed by atoms with Crippen molar-refractivity contribution in [2.45, 2.75) is 44.6 Å². The van der Waals surface area contributed by atoms with Crippen LogP contribution in [0.25, 0.3) is 0 Å². The molecule has 1 aromatic heterocycles. The van der Waals surface area contributed by atoms with Gasteiger partial charge in [-0.15, -0.1) is 11.3 Å². The number of ether oxygens (including phenoxy) is 1. The standard InChI is InChI=1S/C16H24N2O2S/c1-2-3-8-17-15(19)18-9-6-16(7-10-18)13-5-12-21-14(13)4-11-20-16/h5,12H,2-4,6-11H2,1H3,(H,17,19). The first kappa shape index (κ1) is 14.9. The second-order valence-corrected chi connectivity index (χ2v) is 6.92. The Bertz CT molecular complexity index is 492. The summed E-state index contributed by atoms with van der Waals surface area (Å²) < 4.78 is 6.17. The van der Waals surface area contributed by atoms with E-state index in [2.05, 4.69) is 23.7 Å². The van der Waals surface area contributed by atoms with Crippen LogP contribution < -0.4 is 5.32 Å². The van der Waals surface area contributed by atoms with E-state index >= 15 is 0 Å². The van der Waals surface area contributed by atoms with E-state index < -0.39 is 0 Å². The highest BCUT2D eigenvalue weighted by Crippen LogP contribution is 2.43. The van der Waals surface area contributed by atoms with Crippen LogP contribution in [0.2, 0.25) is 0 Å². The summed E-state index contributed by atoms with van der Waals surface area (Å²) in [6.45, 7) is 5.30. The molecule has 0 saturated carbocycles. The second-order valence-electron chi connectivity index (χ2n) is 5.92. The minimum Gasteiger partial charge on any atom is -0.370 e. The zero-order chi connectivity index (χ0) is 14.7. The monoisotopic (exact) mass is 308 g/mol. The van der Waals surface area contributed by atoms with Gasteiger partial charge in [0.25, 0.3) is 0 Å². The highest BCUT2D eigenvalue weighted by Gasteiger charge is 2.42. The maximum Gasteiger partial charge on any atom is 0.317 e. The lowest BCUT2D eigenvalue weighted by molar-refractivity contribution is -0.0916. The van der Waals surface area contributed by atoms with Gasteiger partial charge in [0.2, 0.25) is 0 Å². The van der Waals surface area contributed by atoms with Gasteiger partial charge in [0, 0.05) is 30.9 Å². The number of rotatable bonds is 3. The van der Waals surface area contributed by atoms with E-state index in [1.165, 1.54) is 10.4 Å². The molecule has 2 amide bonds. The fraction of sp³-hybridized carbons (Fsp3) is 0.688. The SMILES string of the molecule is CCCCNC(=O)N1CCC2(CC1)OCCc1sccc12. The molecule has 21 heavy (non-hydrogen) atoms. The maximum atomic E-state index is 12.1. The molecule has 1 N–H and O–H groups in total. The molecule has 0 unspecified atom stereocenters. The molecule has 0 radical (unpaired) electrons. The molecule has 0 bridgehead atoms. The van der Waals surface area contributed by atoms with Crippen molar-refractivity contribution < 1.29 is 9.53 Å². The van der Waals surface area contributed by atoms with Crippen LogP contribution in [0.5, 0.6) is 0 Å². The molecular weight excluding hydrogens is 284 g/mol. The predicted molar refractivity (Wildman–Crippen MR) is 84.8 cm³/mol. The number of amides is 2. The van der Waals surface area contributed by atoms with Crippen molar-refractivity contribution in [2.24, 2.45) is 0 Å². The molecule has 2 aliphatic rings. The Morgan fingerprint density at radius 1 is 1.48 bits per heavy atom. The first-order valence-electron chi connectivity index (χ1n) is 7.99. The van der Waals surface area contributed by atoms with Gasteiger partial charge in [0.05, 0.1) is 12.2 Å². The Hall–Kier alpha value is -1.07. The topological polar surface area (TPSA) is 41.6 Å². The molecule has 2 aliphatic heterocycles. The predicted octanol–water partition coefficient (Wildman–Crippen LogP) is 3.12. The number of hydrogen-bond donors (Lipinski definition) is 1.